The van der Waals surface area contributed by atoms with Crippen molar-refractivity contribution in [2.24, 2.45) is 0 Å². The largest absolute Gasteiger partial charge is 0.465 e. The number of aryl methyl sites for hydroxylation is 1. The third-order valence-corrected chi connectivity index (χ3v) is 4.65. The van der Waals surface area contributed by atoms with Crippen molar-refractivity contribution >= 4 is 33.2 Å². The lowest BCUT2D eigenvalue weighted by molar-refractivity contribution is -0.135. The standard InChI is InChI=1S/C19H15N3O2S/c1-12-3-8-16-17(9-12)25-18(22-16)13-4-6-15(7-5-13)21-11-14(10-20)19(23)24-2/h3-9,11,21H,1-2H3/b14-11+. The highest BCUT2D eigenvalue weighted by Gasteiger charge is 2.09. The van der Waals surface area contributed by atoms with E-state index in [1.807, 2.05) is 30.3 Å². The van der Waals surface area contributed by atoms with Gasteiger partial charge in [-0.15, -0.1) is 11.3 Å². The number of methoxy groups -OCH3 is 1. The Balaban J connectivity index is 1.81. The monoisotopic (exact) mass is 349 g/mol. The van der Waals surface area contributed by atoms with Gasteiger partial charge in [0.15, 0.2) is 5.57 Å². The van der Waals surface area contributed by atoms with Crippen LogP contribution in [0.25, 0.3) is 20.8 Å². The van der Waals surface area contributed by atoms with E-state index in [4.69, 9.17) is 5.26 Å². The van der Waals surface area contributed by atoms with Gasteiger partial charge in [-0.3, -0.25) is 0 Å². The Kier molecular flexibility index (Phi) is 4.78. The first-order valence-electron chi connectivity index (χ1n) is 7.53. The number of hydrogen-bond acceptors (Lipinski definition) is 6. The number of hydrogen-bond donors (Lipinski definition) is 1. The number of carbonyl (C=O) groups excluding carboxylic acids is 1. The number of ether oxygens (including phenoxy) is 1. The van der Waals surface area contributed by atoms with Crippen LogP contribution >= 0.6 is 11.3 Å². The van der Waals surface area contributed by atoms with Crippen molar-refractivity contribution < 1.29 is 9.53 Å². The van der Waals surface area contributed by atoms with E-state index < -0.39 is 5.97 Å². The maximum absolute atomic E-state index is 11.4. The van der Waals surface area contributed by atoms with Gasteiger partial charge in [-0.05, 0) is 48.9 Å². The fourth-order valence-electron chi connectivity index (χ4n) is 2.27. The molecule has 0 atom stereocenters. The van der Waals surface area contributed by atoms with Crippen molar-refractivity contribution in [1.29, 1.82) is 5.26 Å². The number of thiazole rings is 1. The Morgan fingerprint density at radius 3 is 2.72 bits per heavy atom. The Labute approximate surface area is 149 Å². The molecule has 6 heteroatoms. The predicted octanol–water partition coefficient (Wildman–Crippen LogP) is 4.26. The van der Waals surface area contributed by atoms with Crippen molar-refractivity contribution in [3.8, 4) is 16.6 Å². The lowest BCUT2D eigenvalue weighted by Crippen LogP contribution is -2.05. The Hall–Kier alpha value is -3.17. The minimum absolute atomic E-state index is 0.0897. The van der Waals surface area contributed by atoms with Gasteiger partial charge in [0, 0.05) is 17.5 Å². The summed E-state index contributed by atoms with van der Waals surface area (Å²) in [6.45, 7) is 2.07. The van der Waals surface area contributed by atoms with Gasteiger partial charge >= 0.3 is 5.97 Å². The van der Waals surface area contributed by atoms with Crippen LogP contribution in [0.2, 0.25) is 0 Å². The molecule has 0 saturated heterocycles. The summed E-state index contributed by atoms with van der Waals surface area (Å²) < 4.78 is 5.69. The third kappa shape index (κ3) is 3.67. The van der Waals surface area contributed by atoms with Crippen molar-refractivity contribution in [2.45, 2.75) is 6.92 Å². The van der Waals surface area contributed by atoms with Gasteiger partial charge in [-0.1, -0.05) is 6.07 Å². The minimum atomic E-state index is -0.670. The smallest absolute Gasteiger partial charge is 0.350 e. The summed E-state index contributed by atoms with van der Waals surface area (Å²) in [4.78, 5) is 16.0. The van der Waals surface area contributed by atoms with E-state index >= 15 is 0 Å². The molecule has 0 aliphatic heterocycles. The molecule has 5 nitrogen and oxygen atoms in total. The first-order chi connectivity index (χ1) is 12.1. The number of anilines is 1. The zero-order chi connectivity index (χ0) is 17.8. The van der Waals surface area contributed by atoms with E-state index in [1.165, 1.54) is 18.9 Å². The van der Waals surface area contributed by atoms with Crippen LogP contribution in [0.5, 0.6) is 0 Å². The molecule has 1 N–H and O–H groups in total. The second-order valence-electron chi connectivity index (χ2n) is 5.37. The predicted molar refractivity (Wildman–Crippen MR) is 99.1 cm³/mol. The summed E-state index contributed by atoms with van der Waals surface area (Å²) in [6.07, 6.45) is 1.33. The number of fused-ring (bicyclic) bond motifs is 1. The van der Waals surface area contributed by atoms with Gasteiger partial charge in [-0.2, -0.15) is 5.26 Å². The van der Waals surface area contributed by atoms with Crippen molar-refractivity contribution in [1.82, 2.24) is 4.98 Å². The summed E-state index contributed by atoms with van der Waals surface area (Å²) in [5.74, 6) is -0.670. The summed E-state index contributed by atoms with van der Waals surface area (Å²) in [7, 11) is 1.24. The van der Waals surface area contributed by atoms with E-state index in [0.717, 1.165) is 26.5 Å². The van der Waals surface area contributed by atoms with Gasteiger partial charge in [-0.25, -0.2) is 9.78 Å². The topological polar surface area (TPSA) is 75.0 Å². The molecule has 3 rings (SSSR count). The first-order valence-corrected chi connectivity index (χ1v) is 8.35. The lowest BCUT2D eigenvalue weighted by atomic mass is 10.2. The van der Waals surface area contributed by atoms with Crippen LogP contribution < -0.4 is 5.32 Å². The Morgan fingerprint density at radius 2 is 2.04 bits per heavy atom. The number of esters is 1. The zero-order valence-electron chi connectivity index (χ0n) is 13.7. The number of nitrogens with zero attached hydrogens (tertiary/aromatic N) is 2. The number of rotatable bonds is 4. The molecule has 1 aromatic heterocycles. The molecule has 0 amide bonds. The van der Waals surface area contributed by atoms with Crippen LogP contribution in [0.3, 0.4) is 0 Å². The molecule has 124 valence electrons. The molecule has 0 radical (unpaired) electrons. The summed E-state index contributed by atoms with van der Waals surface area (Å²) in [6, 6.07) is 15.7. The van der Waals surface area contributed by atoms with Gasteiger partial charge in [0.25, 0.3) is 0 Å². The normalized spacial score (nSPS) is 11.2. The molecule has 0 aliphatic carbocycles. The van der Waals surface area contributed by atoms with E-state index in [-0.39, 0.29) is 5.57 Å². The molecule has 2 aromatic carbocycles. The van der Waals surface area contributed by atoms with Crippen molar-refractivity contribution in [2.75, 3.05) is 12.4 Å². The van der Waals surface area contributed by atoms with Gasteiger partial charge in [0.05, 0.1) is 17.3 Å². The molecule has 0 spiro atoms. The fourth-order valence-corrected chi connectivity index (χ4v) is 3.34. The van der Waals surface area contributed by atoms with Crippen molar-refractivity contribution in [3.05, 3.63) is 59.8 Å². The lowest BCUT2D eigenvalue weighted by Gasteiger charge is -2.03. The van der Waals surface area contributed by atoms with Crippen LogP contribution in [0.1, 0.15) is 5.56 Å². The van der Waals surface area contributed by atoms with Crippen LogP contribution in [-0.4, -0.2) is 18.1 Å². The van der Waals surface area contributed by atoms with E-state index in [2.05, 4.69) is 34.1 Å². The molecular formula is C19H15N3O2S. The molecule has 0 saturated carbocycles. The third-order valence-electron chi connectivity index (χ3n) is 3.58. The molecule has 0 unspecified atom stereocenters. The average Bonchev–Trinajstić information content (AvgIpc) is 3.05. The highest BCUT2D eigenvalue weighted by molar-refractivity contribution is 7.21. The van der Waals surface area contributed by atoms with Gasteiger partial charge in [0.1, 0.15) is 11.1 Å². The number of benzene rings is 2. The first kappa shape index (κ1) is 16.7. The van der Waals surface area contributed by atoms with Crippen molar-refractivity contribution in [3.63, 3.8) is 0 Å². The Bertz CT molecular complexity index is 998. The molecular weight excluding hydrogens is 334 g/mol. The summed E-state index contributed by atoms with van der Waals surface area (Å²) in [5, 5.41) is 12.8. The van der Waals surface area contributed by atoms with E-state index in [1.54, 1.807) is 17.4 Å². The number of carbonyl (C=O) groups is 1. The average molecular weight is 349 g/mol. The molecule has 1 heterocycles. The highest BCUT2D eigenvalue weighted by atomic mass is 32.1. The highest BCUT2D eigenvalue weighted by Crippen LogP contribution is 2.31. The molecule has 0 bridgehead atoms. The SMILES string of the molecule is COC(=O)/C(C#N)=C/Nc1ccc(-c2nc3ccc(C)cc3s2)cc1. The van der Waals surface area contributed by atoms with Gasteiger partial charge in [0.2, 0.25) is 0 Å². The van der Waals surface area contributed by atoms with E-state index in [9.17, 15) is 4.79 Å². The van der Waals surface area contributed by atoms with Crippen LogP contribution in [0, 0.1) is 18.3 Å². The summed E-state index contributed by atoms with van der Waals surface area (Å²) in [5.41, 5.74) is 3.90. The summed E-state index contributed by atoms with van der Waals surface area (Å²) >= 11 is 1.65. The number of nitrogens with one attached hydrogen (secondary N) is 1. The molecule has 3 aromatic rings. The van der Waals surface area contributed by atoms with E-state index in [0.29, 0.717) is 0 Å². The second kappa shape index (κ2) is 7.16. The molecule has 0 fully saturated rings. The van der Waals surface area contributed by atoms with Gasteiger partial charge < -0.3 is 10.1 Å². The van der Waals surface area contributed by atoms with Crippen LogP contribution in [0.15, 0.2) is 54.2 Å². The minimum Gasteiger partial charge on any atom is -0.465 e. The molecule has 0 aliphatic rings. The van der Waals surface area contributed by atoms with Crippen LogP contribution in [0.4, 0.5) is 5.69 Å². The Morgan fingerprint density at radius 1 is 1.28 bits per heavy atom. The quantitative estimate of drug-likeness (QED) is 0.433. The second-order valence-corrected chi connectivity index (χ2v) is 6.40. The van der Waals surface area contributed by atoms with Crippen LogP contribution in [-0.2, 0) is 9.53 Å². The zero-order valence-corrected chi connectivity index (χ0v) is 14.6. The maximum Gasteiger partial charge on any atom is 0.350 e. The number of aromatic nitrogens is 1. The number of nitriles is 1. The fraction of sp³-hybridized carbons (Fsp3) is 0.105. The maximum atomic E-state index is 11.4. The molecule has 25 heavy (non-hydrogen) atoms.